The number of fused-ring (bicyclic) bond motifs is 1. The molecule has 3 rings (SSSR count). The van der Waals surface area contributed by atoms with Gasteiger partial charge in [-0.15, -0.1) is 0 Å². The van der Waals surface area contributed by atoms with Gasteiger partial charge in [-0.3, -0.25) is 0 Å². The van der Waals surface area contributed by atoms with Gasteiger partial charge in [-0.1, -0.05) is 0 Å². The fourth-order valence-corrected chi connectivity index (χ4v) is 2.77. The molecule has 1 aromatic heterocycles. The van der Waals surface area contributed by atoms with Gasteiger partial charge in [0.15, 0.2) is 0 Å². The maximum Gasteiger partial charge on any atom is 0.109 e. The molecule has 88 valence electrons. The van der Waals surface area contributed by atoms with Crippen molar-refractivity contribution >= 4 is 0 Å². The van der Waals surface area contributed by atoms with Crippen LogP contribution in [0.3, 0.4) is 0 Å². The number of rotatable bonds is 2. The minimum absolute atomic E-state index is 0.178. The number of hydrogen-bond acceptors (Lipinski definition) is 3. The van der Waals surface area contributed by atoms with Crippen LogP contribution < -0.4 is 5.32 Å². The molecule has 3 heterocycles. The van der Waals surface area contributed by atoms with Crippen LogP contribution in [0.4, 0.5) is 0 Å². The third-order valence-electron chi connectivity index (χ3n) is 3.68. The van der Waals surface area contributed by atoms with Gasteiger partial charge in [-0.2, -0.15) is 0 Å². The molecule has 4 nitrogen and oxygen atoms in total. The van der Waals surface area contributed by atoms with E-state index in [2.05, 4.69) is 21.1 Å². The number of hydrogen-bond donors (Lipinski definition) is 2. The van der Waals surface area contributed by atoms with Gasteiger partial charge in [0.2, 0.25) is 0 Å². The maximum atomic E-state index is 9.59. The molecule has 0 radical (unpaired) electrons. The molecule has 0 amide bonds. The Labute approximate surface area is 95.7 Å². The monoisotopic (exact) mass is 221 g/mol. The predicted octanol–water partition coefficient (Wildman–Crippen LogP) is 0.342. The fraction of sp³-hybridized carbons (Fsp3) is 0.750. The van der Waals surface area contributed by atoms with Gasteiger partial charge in [0, 0.05) is 19.2 Å². The first-order valence-electron chi connectivity index (χ1n) is 6.25. The van der Waals surface area contributed by atoms with Crippen LogP contribution in [-0.2, 0) is 19.4 Å². The molecule has 2 aliphatic rings. The predicted molar refractivity (Wildman–Crippen MR) is 61.2 cm³/mol. The standard InChI is InChI=1S/C12H19N3O/c16-11-1-2-12-14-10(7-15(12)8-11)5-9-3-4-13-6-9/h7,9,11,13,16H,1-6,8H2. The van der Waals surface area contributed by atoms with Gasteiger partial charge in [-0.25, -0.2) is 4.98 Å². The second-order valence-electron chi connectivity index (χ2n) is 5.06. The van der Waals surface area contributed by atoms with Gasteiger partial charge in [-0.05, 0) is 38.3 Å². The first kappa shape index (κ1) is 10.3. The van der Waals surface area contributed by atoms with E-state index in [0.717, 1.165) is 50.6 Å². The largest absolute Gasteiger partial charge is 0.391 e. The molecule has 2 N–H and O–H groups in total. The Morgan fingerprint density at radius 2 is 2.44 bits per heavy atom. The van der Waals surface area contributed by atoms with Gasteiger partial charge in [0.1, 0.15) is 5.82 Å². The van der Waals surface area contributed by atoms with Crippen molar-refractivity contribution in [2.45, 2.75) is 38.3 Å². The zero-order valence-corrected chi connectivity index (χ0v) is 9.52. The van der Waals surface area contributed by atoms with Crippen molar-refractivity contribution in [1.82, 2.24) is 14.9 Å². The van der Waals surface area contributed by atoms with Crippen molar-refractivity contribution in [3.8, 4) is 0 Å². The molecule has 0 aliphatic carbocycles. The summed E-state index contributed by atoms with van der Waals surface area (Å²) in [4.78, 5) is 4.67. The van der Waals surface area contributed by atoms with E-state index >= 15 is 0 Å². The number of aryl methyl sites for hydroxylation is 1. The molecule has 16 heavy (non-hydrogen) atoms. The quantitative estimate of drug-likeness (QED) is 0.757. The Bertz CT molecular complexity index is 368. The summed E-state index contributed by atoms with van der Waals surface area (Å²) in [5.74, 6) is 1.91. The highest BCUT2D eigenvalue weighted by Crippen LogP contribution is 2.19. The molecule has 0 saturated carbocycles. The van der Waals surface area contributed by atoms with E-state index in [1.165, 1.54) is 12.1 Å². The van der Waals surface area contributed by atoms with Crippen molar-refractivity contribution in [3.05, 3.63) is 17.7 Å². The summed E-state index contributed by atoms with van der Waals surface area (Å²) < 4.78 is 2.13. The number of imidazole rings is 1. The molecule has 2 unspecified atom stereocenters. The summed E-state index contributed by atoms with van der Waals surface area (Å²) >= 11 is 0. The van der Waals surface area contributed by atoms with E-state index in [1.807, 2.05) is 0 Å². The smallest absolute Gasteiger partial charge is 0.109 e. The van der Waals surface area contributed by atoms with Crippen LogP contribution in [0, 0.1) is 5.92 Å². The van der Waals surface area contributed by atoms with Crippen molar-refractivity contribution in [3.63, 3.8) is 0 Å². The average Bonchev–Trinajstić information content (AvgIpc) is 2.86. The van der Waals surface area contributed by atoms with Crippen molar-refractivity contribution in [1.29, 1.82) is 0 Å². The molecule has 2 atom stereocenters. The first-order chi connectivity index (χ1) is 7.81. The molecule has 4 heteroatoms. The highest BCUT2D eigenvalue weighted by molar-refractivity contribution is 5.08. The fourth-order valence-electron chi connectivity index (χ4n) is 2.77. The minimum atomic E-state index is -0.178. The van der Waals surface area contributed by atoms with Gasteiger partial charge < -0.3 is 15.0 Å². The maximum absolute atomic E-state index is 9.59. The summed E-state index contributed by atoms with van der Waals surface area (Å²) in [5, 5.41) is 13.0. The van der Waals surface area contributed by atoms with Crippen LogP contribution in [0.25, 0.3) is 0 Å². The SMILES string of the molecule is OC1CCc2nc(CC3CCNC3)cn2C1. The average molecular weight is 221 g/mol. The third kappa shape index (κ3) is 1.99. The Kier molecular flexibility index (Phi) is 2.69. The summed E-state index contributed by atoms with van der Waals surface area (Å²) in [6.07, 6.45) is 6.10. The Morgan fingerprint density at radius 3 is 3.25 bits per heavy atom. The van der Waals surface area contributed by atoms with Gasteiger partial charge >= 0.3 is 0 Å². The molecule has 1 aromatic rings. The highest BCUT2D eigenvalue weighted by Gasteiger charge is 2.21. The lowest BCUT2D eigenvalue weighted by molar-refractivity contribution is 0.130. The number of aliphatic hydroxyl groups is 1. The van der Waals surface area contributed by atoms with Crippen molar-refractivity contribution in [2.75, 3.05) is 13.1 Å². The molecule has 0 bridgehead atoms. The second kappa shape index (κ2) is 4.18. The molecule has 2 aliphatic heterocycles. The minimum Gasteiger partial charge on any atom is -0.391 e. The number of nitrogens with zero attached hydrogens (tertiary/aromatic N) is 2. The van der Waals surface area contributed by atoms with E-state index in [0.29, 0.717) is 0 Å². The molecular formula is C12H19N3O. The van der Waals surface area contributed by atoms with Crippen molar-refractivity contribution < 1.29 is 5.11 Å². The normalized spacial score (nSPS) is 29.3. The van der Waals surface area contributed by atoms with Crippen molar-refractivity contribution in [2.24, 2.45) is 5.92 Å². The third-order valence-corrected chi connectivity index (χ3v) is 3.68. The van der Waals surface area contributed by atoms with Crippen LogP contribution in [0.2, 0.25) is 0 Å². The Balaban J connectivity index is 1.71. The second-order valence-corrected chi connectivity index (χ2v) is 5.06. The number of aromatic nitrogens is 2. The summed E-state index contributed by atoms with van der Waals surface area (Å²) in [5.41, 5.74) is 1.21. The first-order valence-corrected chi connectivity index (χ1v) is 6.25. The summed E-state index contributed by atoms with van der Waals surface area (Å²) in [6, 6.07) is 0. The Hall–Kier alpha value is -0.870. The zero-order chi connectivity index (χ0) is 11.0. The van der Waals surface area contributed by atoms with E-state index < -0.39 is 0 Å². The summed E-state index contributed by atoms with van der Waals surface area (Å²) in [7, 11) is 0. The lowest BCUT2D eigenvalue weighted by Gasteiger charge is -2.18. The lowest BCUT2D eigenvalue weighted by atomic mass is 10.0. The van der Waals surface area contributed by atoms with E-state index in [4.69, 9.17) is 0 Å². The Morgan fingerprint density at radius 1 is 1.50 bits per heavy atom. The zero-order valence-electron chi connectivity index (χ0n) is 9.52. The van der Waals surface area contributed by atoms with Crippen LogP contribution in [0.1, 0.15) is 24.4 Å². The summed E-state index contributed by atoms with van der Waals surface area (Å²) in [6.45, 7) is 3.01. The molecule has 0 aromatic carbocycles. The van der Waals surface area contributed by atoms with Gasteiger partial charge in [0.05, 0.1) is 11.8 Å². The van der Waals surface area contributed by atoms with Crippen LogP contribution in [0.15, 0.2) is 6.20 Å². The number of nitrogens with one attached hydrogen (secondary N) is 1. The molecular weight excluding hydrogens is 202 g/mol. The van der Waals surface area contributed by atoms with Crippen LogP contribution in [-0.4, -0.2) is 33.9 Å². The van der Waals surface area contributed by atoms with E-state index in [1.54, 1.807) is 0 Å². The van der Waals surface area contributed by atoms with Crippen LogP contribution in [0.5, 0.6) is 0 Å². The van der Waals surface area contributed by atoms with Gasteiger partial charge in [0.25, 0.3) is 0 Å². The molecule has 1 saturated heterocycles. The van der Waals surface area contributed by atoms with Crippen LogP contribution >= 0.6 is 0 Å². The number of aliphatic hydroxyl groups excluding tert-OH is 1. The molecule has 0 spiro atoms. The van der Waals surface area contributed by atoms with E-state index in [-0.39, 0.29) is 6.10 Å². The topological polar surface area (TPSA) is 50.1 Å². The lowest BCUT2D eigenvalue weighted by Crippen LogP contribution is -2.23. The van der Waals surface area contributed by atoms with E-state index in [9.17, 15) is 5.11 Å². The molecule has 1 fully saturated rings. The highest BCUT2D eigenvalue weighted by atomic mass is 16.3.